The molecule has 1 atom stereocenters. The lowest BCUT2D eigenvalue weighted by Crippen LogP contribution is -2.40. The molecule has 16 heavy (non-hydrogen) atoms. The van der Waals surface area contributed by atoms with E-state index in [9.17, 15) is 9.59 Å². The highest BCUT2D eigenvalue weighted by molar-refractivity contribution is 5.84. The predicted molar refractivity (Wildman–Crippen MR) is 57.8 cm³/mol. The van der Waals surface area contributed by atoms with Gasteiger partial charge in [-0.1, -0.05) is 13.0 Å². The third kappa shape index (κ3) is 3.68. The summed E-state index contributed by atoms with van der Waals surface area (Å²) in [4.78, 5) is 26.1. The zero-order valence-corrected chi connectivity index (χ0v) is 9.01. The Morgan fingerprint density at radius 1 is 1.56 bits per heavy atom. The fraction of sp³-hybridized carbons (Fsp3) is 0.364. The van der Waals surface area contributed by atoms with E-state index in [1.165, 1.54) is 0 Å². The van der Waals surface area contributed by atoms with E-state index in [2.05, 4.69) is 10.3 Å². The number of carboxylic acid groups (broad SMARTS) is 1. The van der Waals surface area contributed by atoms with Crippen molar-refractivity contribution in [2.75, 3.05) is 0 Å². The quantitative estimate of drug-likeness (QED) is 0.764. The lowest BCUT2D eigenvalue weighted by atomic mass is 10.2. The minimum absolute atomic E-state index is 0.150. The molecule has 0 spiro atoms. The van der Waals surface area contributed by atoms with E-state index >= 15 is 0 Å². The fourth-order valence-electron chi connectivity index (χ4n) is 1.27. The van der Waals surface area contributed by atoms with Crippen molar-refractivity contribution in [3.63, 3.8) is 0 Å². The Labute approximate surface area is 93.5 Å². The predicted octanol–water partition coefficient (Wildman–Crippen LogP) is 0.603. The Hall–Kier alpha value is -1.91. The number of nitrogens with zero attached hydrogens (tertiary/aromatic N) is 1. The molecular formula is C11H14N2O3. The highest BCUT2D eigenvalue weighted by Crippen LogP contribution is 1.98. The van der Waals surface area contributed by atoms with Crippen molar-refractivity contribution in [1.29, 1.82) is 0 Å². The van der Waals surface area contributed by atoms with Gasteiger partial charge >= 0.3 is 5.97 Å². The molecule has 1 rings (SSSR count). The largest absolute Gasteiger partial charge is 0.480 e. The van der Waals surface area contributed by atoms with Gasteiger partial charge < -0.3 is 10.4 Å². The van der Waals surface area contributed by atoms with Crippen LogP contribution in [0.15, 0.2) is 24.5 Å². The van der Waals surface area contributed by atoms with Crippen LogP contribution < -0.4 is 5.32 Å². The van der Waals surface area contributed by atoms with E-state index in [-0.39, 0.29) is 12.3 Å². The molecule has 5 nitrogen and oxygen atoms in total. The third-order valence-electron chi connectivity index (χ3n) is 2.13. The Morgan fingerprint density at radius 2 is 2.31 bits per heavy atom. The van der Waals surface area contributed by atoms with E-state index in [1.807, 2.05) is 0 Å². The highest BCUT2D eigenvalue weighted by Gasteiger charge is 2.17. The van der Waals surface area contributed by atoms with Crippen LogP contribution in [0.25, 0.3) is 0 Å². The lowest BCUT2D eigenvalue weighted by Gasteiger charge is -2.11. The van der Waals surface area contributed by atoms with Crippen molar-refractivity contribution in [2.45, 2.75) is 25.8 Å². The number of carbonyl (C=O) groups excluding carboxylic acids is 1. The normalized spacial score (nSPS) is 11.8. The molecule has 0 radical (unpaired) electrons. The van der Waals surface area contributed by atoms with Gasteiger partial charge in [-0.05, 0) is 18.1 Å². The van der Waals surface area contributed by atoms with Crippen LogP contribution >= 0.6 is 0 Å². The SMILES string of the molecule is CCC(NC(=O)Cc1cccnc1)C(=O)O. The minimum Gasteiger partial charge on any atom is -0.480 e. The molecule has 1 amide bonds. The highest BCUT2D eigenvalue weighted by atomic mass is 16.4. The number of carbonyl (C=O) groups is 2. The van der Waals surface area contributed by atoms with Gasteiger partial charge in [-0.3, -0.25) is 9.78 Å². The molecule has 1 aromatic heterocycles. The molecule has 0 fully saturated rings. The molecule has 0 saturated heterocycles. The van der Waals surface area contributed by atoms with Gasteiger partial charge in [0.05, 0.1) is 6.42 Å². The molecule has 0 bridgehead atoms. The van der Waals surface area contributed by atoms with E-state index < -0.39 is 12.0 Å². The lowest BCUT2D eigenvalue weighted by molar-refractivity contribution is -0.141. The Morgan fingerprint density at radius 3 is 2.81 bits per heavy atom. The number of amides is 1. The molecule has 1 heterocycles. The number of hydrogen-bond acceptors (Lipinski definition) is 3. The summed E-state index contributed by atoms with van der Waals surface area (Å²) in [6, 6.07) is 2.69. The molecule has 1 unspecified atom stereocenters. The summed E-state index contributed by atoms with van der Waals surface area (Å²) < 4.78 is 0. The summed E-state index contributed by atoms with van der Waals surface area (Å²) in [6.07, 6.45) is 3.72. The first-order valence-corrected chi connectivity index (χ1v) is 5.04. The maximum atomic E-state index is 11.5. The van der Waals surface area contributed by atoms with Gasteiger partial charge in [-0.25, -0.2) is 4.79 Å². The molecular weight excluding hydrogens is 208 g/mol. The van der Waals surface area contributed by atoms with Crippen LogP contribution in [0.3, 0.4) is 0 Å². The summed E-state index contributed by atoms with van der Waals surface area (Å²) in [5.41, 5.74) is 0.764. The summed E-state index contributed by atoms with van der Waals surface area (Å²) in [5.74, 6) is -1.32. The van der Waals surface area contributed by atoms with Crippen LogP contribution in [0.5, 0.6) is 0 Å². The number of aliphatic carboxylic acids is 1. The molecule has 0 aliphatic carbocycles. The zero-order valence-electron chi connectivity index (χ0n) is 9.01. The first kappa shape index (κ1) is 12.2. The van der Waals surface area contributed by atoms with Crippen LogP contribution in [0.2, 0.25) is 0 Å². The Kier molecular flexibility index (Phi) is 4.44. The maximum Gasteiger partial charge on any atom is 0.326 e. The van der Waals surface area contributed by atoms with E-state index in [0.29, 0.717) is 6.42 Å². The first-order valence-electron chi connectivity index (χ1n) is 5.04. The summed E-state index contributed by atoms with van der Waals surface area (Å²) >= 11 is 0. The maximum absolute atomic E-state index is 11.5. The molecule has 0 saturated carbocycles. The number of aromatic nitrogens is 1. The number of rotatable bonds is 5. The fourth-order valence-corrected chi connectivity index (χ4v) is 1.27. The van der Waals surface area contributed by atoms with Crippen LogP contribution in [-0.2, 0) is 16.0 Å². The molecule has 1 aromatic rings. The van der Waals surface area contributed by atoms with Crippen LogP contribution in [0, 0.1) is 0 Å². The molecule has 2 N–H and O–H groups in total. The second kappa shape index (κ2) is 5.85. The molecule has 86 valence electrons. The van der Waals surface area contributed by atoms with Crippen LogP contribution in [0.1, 0.15) is 18.9 Å². The molecule has 5 heteroatoms. The number of hydrogen-bond donors (Lipinski definition) is 2. The smallest absolute Gasteiger partial charge is 0.326 e. The summed E-state index contributed by atoms with van der Waals surface area (Å²) in [7, 11) is 0. The summed E-state index contributed by atoms with van der Waals surface area (Å²) in [6.45, 7) is 1.71. The summed E-state index contributed by atoms with van der Waals surface area (Å²) in [5, 5.41) is 11.2. The second-order valence-electron chi connectivity index (χ2n) is 3.40. The first-order chi connectivity index (χ1) is 7.63. The van der Waals surface area contributed by atoms with Crippen LogP contribution in [0.4, 0.5) is 0 Å². The van der Waals surface area contributed by atoms with Gasteiger partial charge in [0.15, 0.2) is 0 Å². The average Bonchev–Trinajstić information content (AvgIpc) is 2.27. The minimum atomic E-state index is -1.01. The van der Waals surface area contributed by atoms with Gasteiger partial charge in [0.1, 0.15) is 6.04 Å². The molecule has 0 aliphatic heterocycles. The topological polar surface area (TPSA) is 79.3 Å². The molecule has 0 aliphatic rings. The van der Waals surface area contributed by atoms with Gasteiger partial charge in [0.25, 0.3) is 0 Å². The van der Waals surface area contributed by atoms with Crippen LogP contribution in [-0.4, -0.2) is 28.0 Å². The van der Waals surface area contributed by atoms with Crippen molar-refractivity contribution in [2.24, 2.45) is 0 Å². The zero-order chi connectivity index (χ0) is 12.0. The Bertz CT molecular complexity index is 365. The van der Waals surface area contributed by atoms with Crippen molar-refractivity contribution < 1.29 is 14.7 Å². The van der Waals surface area contributed by atoms with Crippen molar-refractivity contribution in [3.05, 3.63) is 30.1 Å². The number of nitrogens with one attached hydrogen (secondary N) is 1. The van der Waals surface area contributed by atoms with Crippen molar-refractivity contribution in [3.8, 4) is 0 Å². The molecule has 0 aromatic carbocycles. The third-order valence-corrected chi connectivity index (χ3v) is 2.13. The van der Waals surface area contributed by atoms with Gasteiger partial charge in [0, 0.05) is 12.4 Å². The van der Waals surface area contributed by atoms with Crippen molar-refractivity contribution >= 4 is 11.9 Å². The van der Waals surface area contributed by atoms with E-state index in [4.69, 9.17) is 5.11 Å². The second-order valence-corrected chi connectivity index (χ2v) is 3.40. The average molecular weight is 222 g/mol. The van der Waals surface area contributed by atoms with Gasteiger partial charge in [0.2, 0.25) is 5.91 Å². The van der Waals surface area contributed by atoms with Crippen molar-refractivity contribution in [1.82, 2.24) is 10.3 Å². The van der Waals surface area contributed by atoms with E-state index in [0.717, 1.165) is 5.56 Å². The number of pyridine rings is 1. The van der Waals surface area contributed by atoms with E-state index in [1.54, 1.807) is 31.5 Å². The number of carboxylic acids is 1. The Balaban J connectivity index is 2.50. The standard InChI is InChI=1S/C11H14N2O3/c1-2-9(11(15)16)13-10(14)6-8-4-3-5-12-7-8/h3-5,7,9H,2,6H2,1H3,(H,13,14)(H,15,16). The van der Waals surface area contributed by atoms with Gasteiger partial charge in [-0.15, -0.1) is 0 Å². The van der Waals surface area contributed by atoms with Gasteiger partial charge in [-0.2, -0.15) is 0 Å². The monoisotopic (exact) mass is 222 g/mol.